The molecule has 2 aliphatic rings. The Hall–Kier alpha value is -3.76. The van der Waals surface area contributed by atoms with Crippen LogP contribution in [0.1, 0.15) is 42.7 Å². The summed E-state index contributed by atoms with van der Waals surface area (Å²) in [6.07, 6.45) is 15.0. The number of benzene rings is 2. The highest BCUT2D eigenvalue weighted by atomic mass is 19.1. The average molecular weight is 524 g/mol. The zero-order chi connectivity index (χ0) is 28.0. The maximum Gasteiger partial charge on any atom is 0.126 e. The molecule has 1 saturated carbocycles. The van der Waals surface area contributed by atoms with Crippen molar-refractivity contribution in [2.24, 2.45) is 0 Å². The van der Waals surface area contributed by atoms with Crippen molar-refractivity contribution < 1.29 is 4.39 Å². The second-order valence-electron chi connectivity index (χ2n) is 9.97. The second kappa shape index (κ2) is 15.6. The number of nitrogens with zero attached hydrogens (tertiary/aromatic N) is 2. The van der Waals surface area contributed by atoms with E-state index >= 15 is 0 Å². The van der Waals surface area contributed by atoms with Crippen LogP contribution < -0.4 is 5.32 Å². The van der Waals surface area contributed by atoms with Gasteiger partial charge in [0, 0.05) is 29.9 Å². The zero-order valence-corrected chi connectivity index (χ0v) is 23.3. The molecule has 2 fully saturated rings. The van der Waals surface area contributed by atoms with Crippen molar-refractivity contribution in [3.63, 3.8) is 0 Å². The predicted molar refractivity (Wildman–Crippen MR) is 165 cm³/mol. The van der Waals surface area contributed by atoms with Crippen LogP contribution in [-0.2, 0) is 6.42 Å². The lowest BCUT2D eigenvalue weighted by Gasteiger charge is -2.23. The Kier molecular flexibility index (Phi) is 11.9. The van der Waals surface area contributed by atoms with Gasteiger partial charge in [-0.15, -0.1) is 6.58 Å². The highest BCUT2D eigenvalue weighted by molar-refractivity contribution is 5.82. The van der Waals surface area contributed by atoms with Crippen LogP contribution in [0.2, 0.25) is 0 Å². The number of aromatic nitrogens is 1. The monoisotopic (exact) mass is 523 g/mol. The minimum Gasteiger partial charge on any atom is -0.383 e. The number of hydrogen-bond acceptors (Lipinski definition) is 3. The molecule has 1 aliphatic carbocycles. The quantitative estimate of drug-likeness (QED) is 0.227. The third-order valence-electron chi connectivity index (χ3n) is 7.06. The molecule has 5 rings (SSSR count). The van der Waals surface area contributed by atoms with Crippen LogP contribution in [0.3, 0.4) is 0 Å². The third-order valence-corrected chi connectivity index (χ3v) is 7.06. The summed E-state index contributed by atoms with van der Waals surface area (Å²) in [4.78, 5) is 6.64. The number of hydrogen-bond donors (Lipinski definition) is 1. The second-order valence-corrected chi connectivity index (χ2v) is 9.97. The molecule has 204 valence electrons. The van der Waals surface area contributed by atoms with Crippen LogP contribution in [0, 0.1) is 5.82 Å². The van der Waals surface area contributed by atoms with Crippen molar-refractivity contribution in [2.45, 2.75) is 44.1 Å². The van der Waals surface area contributed by atoms with Gasteiger partial charge in [0.2, 0.25) is 0 Å². The SMILES string of the molecule is C=C/C=C(\C=C)CNC(=C)C1CCCN1C.C=CCc1cccc2ncccc12.Fc1ccccc1C1CC1. The summed E-state index contributed by atoms with van der Waals surface area (Å²) < 4.78 is 12.9. The maximum absolute atomic E-state index is 12.9. The van der Waals surface area contributed by atoms with E-state index in [0.29, 0.717) is 12.0 Å². The molecule has 1 atom stereocenters. The van der Waals surface area contributed by atoms with Crippen LogP contribution in [0.4, 0.5) is 4.39 Å². The van der Waals surface area contributed by atoms with E-state index in [1.165, 1.54) is 49.2 Å². The fraction of sp³-hybridized carbons (Fsp3) is 0.286. The summed E-state index contributed by atoms with van der Waals surface area (Å²) in [7, 11) is 2.15. The topological polar surface area (TPSA) is 28.2 Å². The van der Waals surface area contributed by atoms with Crippen molar-refractivity contribution in [2.75, 3.05) is 20.1 Å². The van der Waals surface area contributed by atoms with Gasteiger partial charge in [-0.1, -0.05) is 80.4 Å². The molecule has 2 aromatic carbocycles. The first-order valence-electron chi connectivity index (χ1n) is 13.7. The Morgan fingerprint density at radius 2 is 1.85 bits per heavy atom. The first-order chi connectivity index (χ1) is 19.0. The minimum absolute atomic E-state index is 0.0370. The van der Waals surface area contributed by atoms with E-state index in [-0.39, 0.29) is 5.82 Å². The Bertz CT molecular complexity index is 1280. The molecule has 2 heterocycles. The van der Waals surface area contributed by atoms with E-state index in [4.69, 9.17) is 0 Å². The number of halogens is 1. The largest absolute Gasteiger partial charge is 0.383 e. The molecule has 0 spiro atoms. The molecule has 3 nitrogen and oxygen atoms in total. The fourth-order valence-electron chi connectivity index (χ4n) is 4.74. The van der Waals surface area contributed by atoms with Crippen LogP contribution in [0.15, 0.2) is 123 Å². The number of pyridine rings is 1. The molecular weight excluding hydrogens is 481 g/mol. The smallest absolute Gasteiger partial charge is 0.126 e. The summed E-state index contributed by atoms with van der Waals surface area (Å²) in [6.45, 7) is 17.3. The molecule has 39 heavy (non-hydrogen) atoms. The normalized spacial score (nSPS) is 16.8. The molecule has 0 radical (unpaired) electrons. The van der Waals surface area contributed by atoms with Crippen LogP contribution in [0.25, 0.3) is 10.9 Å². The molecule has 1 aromatic heterocycles. The van der Waals surface area contributed by atoms with Crippen LogP contribution in [0.5, 0.6) is 0 Å². The standard InChI is InChI=1S/C14H22N2.C12H11N.C9H9F/c1-5-8-13(6-2)11-15-12(3)14-9-7-10-16(14)4;1-2-5-10-6-3-8-12-11(10)7-4-9-13-12;10-9-4-2-1-3-8(9)7-5-6-7/h5-6,8,14-15H,1-3,7,9-11H2,4H3;2-4,6-9H,1,5H2;1-4,7H,5-6H2/b13-8+;;. The number of likely N-dealkylation sites (tertiary alicyclic amines) is 1. The molecular formula is C35H42FN3. The molecule has 0 amide bonds. The van der Waals surface area contributed by atoms with E-state index in [1.807, 2.05) is 54.8 Å². The molecule has 1 N–H and O–H groups in total. The van der Waals surface area contributed by atoms with Gasteiger partial charge in [0.1, 0.15) is 5.82 Å². The van der Waals surface area contributed by atoms with Crippen molar-refractivity contribution >= 4 is 10.9 Å². The Morgan fingerprint density at radius 1 is 1.05 bits per heavy atom. The van der Waals surface area contributed by atoms with Crippen molar-refractivity contribution in [3.8, 4) is 0 Å². The average Bonchev–Trinajstić information content (AvgIpc) is 3.71. The van der Waals surface area contributed by atoms with Gasteiger partial charge in [0.05, 0.1) is 5.52 Å². The van der Waals surface area contributed by atoms with Crippen molar-refractivity contribution in [1.82, 2.24) is 15.2 Å². The number of likely N-dealkylation sites (N-methyl/N-ethyl adjacent to an activating group) is 1. The molecule has 4 heteroatoms. The predicted octanol–water partition coefficient (Wildman–Crippen LogP) is 8.15. The number of rotatable bonds is 9. The van der Waals surface area contributed by atoms with E-state index in [9.17, 15) is 4.39 Å². The van der Waals surface area contributed by atoms with Gasteiger partial charge >= 0.3 is 0 Å². The van der Waals surface area contributed by atoms with Gasteiger partial charge in [0.15, 0.2) is 0 Å². The van der Waals surface area contributed by atoms with E-state index in [1.54, 1.807) is 12.1 Å². The number of allylic oxidation sites excluding steroid dienone is 3. The summed E-state index contributed by atoms with van der Waals surface area (Å²) >= 11 is 0. The molecule has 1 aliphatic heterocycles. The Labute approximate surface area is 234 Å². The lowest BCUT2D eigenvalue weighted by Crippen LogP contribution is -2.33. The molecule has 1 saturated heterocycles. The number of fused-ring (bicyclic) bond motifs is 1. The lowest BCUT2D eigenvalue weighted by atomic mass is 10.1. The van der Waals surface area contributed by atoms with Crippen molar-refractivity contribution in [3.05, 3.63) is 140 Å². The van der Waals surface area contributed by atoms with E-state index in [2.05, 4.69) is 60.7 Å². The van der Waals surface area contributed by atoms with Crippen LogP contribution >= 0.6 is 0 Å². The zero-order valence-electron chi connectivity index (χ0n) is 23.3. The van der Waals surface area contributed by atoms with Gasteiger partial charge < -0.3 is 5.32 Å². The summed E-state index contributed by atoms with van der Waals surface area (Å²) in [6, 6.07) is 17.8. The fourth-order valence-corrected chi connectivity index (χ4v) is 4.74. The Balaban J connectivity index is 0.000000165. The van der Waals surface area contributed by atoms with Crippen LogP contribution in [-0.4, -0.2) is 36.1 Å². The van der Waals surface area contributed by atoms with Crippen molar-refractivity contribution in [1.29, 1.82) is 0 Å². The summed E-state index contributed by atoms with van der Waals surface area (Å²) in [5.74, 6) is 0.492. The third kappa shape index (κ3) is 9.19. The molecule has 1 unspecified atom stereocenters. The Morgan fingerprint density at radius 3 is 2.49 bits per heavy atom. The van der Waals surface area contributed by atoms with Gasteiger partial charge in [-0.3, -0.25) is 9.88 Å². The highest BCUT2D eigenvalue weighted by Crippen LogP contribution is 2.40. The number of nitrogens with one attached hydrogen (secondary N) is 1. The van der Waals surface area contributed by atoms with Gasteiger partial charge in [-0.05, 0) is 86.5 Å². The lowest BCUT2D eigenvalue weighted by molar-refractivity contribution is 0.335. The first-order valence-corrected chi connectivity index (χ1v) is 13.7. The molecule has 0 bridgehead atoms. The highest BCUT2D eigenvalue weighted by Gasteiger charge is 2.25. The van der Waals surface area contributed by atoms with E-state index < -0.39 is 0 Å². The summed E-state index contributed by atoms with van der Waals surface area (Å²) in [5, 5.41) is 4.59. The summed E-state index contributed by atoms with van der Waals surface area (Å²) in [5.41, 5.74) is 5.50. The van der Waals surface area contributed by atoms with Gasteiger partial charge in [-0.2, -0.15) is 0 Å². The minimum atomic E-state index is -0.0370. The molecule has 3 aromatic rings. The maximum atomic E-state index is 12.9. The first kappa shape index (κ1) is 29.8. The van der Waals surface area contributed by atoms with Gasteiger partial charge in [-0.25, -0.2) is 4.39 Å². The van der Waals surface area contributed by atoms with E-state index in [0.717, 1.165) is 35.3 Å². The van der Waals surface area contributed by atoms with Gasteiger partial charge in [0.25, 0.3) is 0 Å².